The molecule has 1 aromatic rings. The third-order valence-corrected chi connectivity index (χ3v) is 14.8. The summed E-state index contributed by atoms with van der Waals surface area (Å²) < 4.78 is 89.4. The second-order valence-electron chi connectivity index (χ2n) is 19.9. The minimum atomic E-state index is -2.15. The molecular formula is C48H74O31. The lowest BCUT2D eigenvalue weighted by Gasteiger charge is -2.51. The average molecular weight is 1150 g/mol. The van der Waals surface area contributed by atoms with Gasteiger partial charge >= 0.3 is 0 Å². The zero-order valence-corrected chi connectivity index (χ0v) is 42.5. The Bertz CT molecular complexity index is 2000. The molecule has 31 nitrogen and oxygen atoms in total. The summed E-state index contributed by atoms with van der Waals surface area (Å²) in [6.07, 6.45) is -56.7. The molecule has 1 aromatic carbocycles. The van der Waals surface area contributed by atoms with Gasteiger partial charge in [-0.2, -0.15) is 0 Å². The summed E-state index contributed by atoms with van der Waals surface area (Å²) in [7, 11) is 0. The molecule has 1 unspecified atom stereocenters. The summed E-state index contributed by atoms with van der Waals surface area (Å²) in [5.74, 6) is 0. The average Bonchev–Trinajstić information content (AvgIpc) is 3.62. The van der Waals surface area contributed by atoms with Crippen molar-refractivity contribution in [2.75, 3.05) is 39.6 Å². The fraction of sp³-hybridized carbons (Fsp3) is 0.833. The summed E-state index contributed by atoms with van der Waals surface area (Å²) in [6, 6.07) is 8.50. The van der Waals surface area contributed by atoms with E-state index in [9.17, 15) is 81.7 Å². The summed E-state index contributed by atoms with van der Waals surface area (Å²) in [5, 5.41) is 180. The van der Waals surface area contributed by atoms with Gasteiger partial charge in [-0.3, -0.25) is 0 Å². The maximum Gasteiger partial charge on any atom is 0.188 e. The number of hydrogen-bond donors (Lipinski definition) is 16. The molecule has 0 aliphatic carbocycles. The molecule has 12 bridgehead atoms. The van der Waals surface area contributed by atoms with Crippen LogP contribution < -0.4 is 0 Å². The van der Waals surface area contributed by atoms with Crippen LogP contribution in [-0.2, 0) is 77.7 Å². The minimum Gasteiger partial charge on any atom is -0.493 e. The van der Waals surface area contributed by atoms with E-state index in [-0.39, 0.29) is 13.0 Å². The minimum absolute atomic E-state index is 0.0813. The number of ether oxygens (including phenoxy) is 15. The third-order valence-electron chi connectivity index (χ3n) is 14.8. The molecule has 0 aromatic heterocycles. The third kappa shape index (κ3) is 13.3. The maximum absolute atomic E-state index is 12.2. The van der Waals surface area contributed by atoms with E-state index in [4.69, 9.17) is 71.1 Å². The lowest BCUT2D eigenvalue weighted by molar-refractivity contribution is -0.408. The normalized spacial score (nSPS) is 48.5. The van der Waals surface area contributed by atoms with Crippen LogP contribution in [0.3, 0.4) is 0 Å². The van der Waals surface area contributed by atoms with Gasteiger partial charge < -0.3 is 153 Å². The Kier molecular flexibility index (Phi) is 22.2. The molecule has 31 atom stereocenters. The van der Waals surface area contributed by atoms with Crippen molar-refractivity contribution in [1.29, 1.82) is 0 Å². The molecule has 79 heavy (non-hydrogen) atoms. The van der Waals surface area contributed by atoms with E-state index in [0.29, 0.717) is 5.56 Å². The standard InChI is InChI=1S/C48H74O31/c1-3-24(55)73-42-33(64)48-72-23(15-54)39(42)79-47-32(63)41(66-16-17-8-6-5-7-9-17)38(22(14-53)71-47)77-45-30(61)27(58)35(19(11-50)69-45)75-43-28(59)25(56)34(18(10-49)67-43)74-44-29(60)26(57)36(20(12-51)68-44)76-46-31(62)40(65-4-2)37(78-48)21(13-52)70-46/h4-9,18-64H,2-3,10-16H2,1H3/t18-,19-,20-,21-,22-,23-,24?,25-,26-,27-,28-,29-,30-,31-,32-,33-,34-,35-,36-,37+,38+,39+,40-,41-,42-,43-,44-,45-,46-,47-,48-/m1/s1. The predicted octanol–water partition coefficient (Wildman–Crippen LogP) is -8.91. The Morgan fingerprint density at radius 1 is 0.418 bits per heavy atom. The Hall–Kier alpha value is -2.44. The lowest BCUT2D eigenvalue weighted by Crippen LogP contribution is -2.69. The number of hydrogen-bond acceptors (Lipinski definition) is 31. The van der Waals surface area contributed by atoms with Gasteiger partial charge in [0.2, 0.25) is 0 Å². The highest BCUT2D eigenvalue weighted by Gasteiger charge is 2.60. The van der Waals surface area contributed by atoms with Gasteiger partial charge in [-0.1, -0.05) is 43.8 Å². The van der Waals surface area contributed by atoms with E-state index >= 15 is 0 Å². The van der Waals surface area contributed by atoms with Crippen molar-refractivity contribution < 1.29 is 153 Å². The maximum atomic E-state index is 12.2. The highest BCUT2D eigenvalue weighted by Crippen LogP contribution is 2.40. The SMILES string of the molecule is C=CO[C@@H]1[C@@H](O)[C@H]2O[C@H]3[C@H](O)[C@@H](O)[C@@H](O[C@H]4[C@H](O)[C@@H](O)[C@@H](O[C@H]5[C@H](O)[C@@H](O)[C@@H](O[C@@H]6[C@H](OCc7ccccc7)[C@@H](O)[C@@H](O[C@@H]7[C@H](OC(O)CC)[C@@H](O)[C@@H](O[C@H]1[C@@H](CO)O2)O[C@@H]7CO)O[C@@H]6CO)O[C@@H]5CO)O[C@@H]4CO)O[C@@H]3CO. The highest BCUT2D eigenvalue weighted by atomic mass is 16.8. The molecule has 22 heterocycles. The lowest BCUT2D eigenvalue weighted by atomic mass is 9.94. The van der Waals surface area contributed by atoms with Gasteiger partial charge in [0, 0.05) is 0 Å². The fourth-order valence-electron chi connectivity index (χ4n) is 10.5. The highest BCUT2D eigenvalue weighted by molar-refractivity contribution is 5.14. The molecule has 22 saturated heterocycles. The second-order valence-corrected chi connectivity index (χ2v) is 19.9. The Labute approximate surface area is 450 Å². The van der Waals surface area contributed by atoms with E-state index in [1.807, 2.05) is 0 Å². The summed E-state index contributed by atoms with van der Waals surface area (Å²) in [5.41, 5.74) is 0.567. The van der Waals surface area contributed by atoms with Crippen molar-refractivity contribution in [3.05, 3.63) is 48.7 Å². The fourth-order valence-corrected chi connectivity index (χ4v) is 10.5. The summed E-state index contributed by atoms with van der Waals surface area (Å²) in [6.45, 7) is -0.990. The zero-order valence-electron chi connectivity index (χ0n) is 42.5. The topological polar surface area (TPSA) is 462 Å². The van der Waals surface area contributed by atoms with Crippen LogP contribution >= 0.6 is 0 Å². The molecule has 0 radical (unpaired) electrons. The van der Waals surface area contributed by atoms with Crippen molar-refractivity contribution in [3.63, 3.8) is 0 Å². The molecule has 16 N–H and O–H groups in total. The van der Waals surface area contributed by atoms with Crippen molar-refractivity contribution in [1.82, 2.24) is 0 Å². The van der Waals surface area contributed by atoms with Crippen LogP contribution in [0.1, 0.15) is 18.9 Å². The summed E-state index contributed by atoms with van der Waals surface area (Å²) in [4.78, 5) is 0. The van der Waals surface area contributed by atoms with E-state index in [1.165, 1.54) is 6.92 Å². The monoisotopic (exact) mass is 1150 g/mol. The largest absolute Gasteiger partial charge is 0.493 e. The van der Waals surface area contributed by atoms with Crippen molar-refractivity contribution in [2.45, 2.75) is 210 Å². The van der Waals surface area contributed by atoms with E-state index in [0.717, 1.165) is 6.26 Å². The molecule has 0 amide bonds. The van der Waals surface area contributed by atoms with Crippen molar-refractivity contribution in [3.8, 4) is 0 Å². The van der Waals surface area contributed by atoms with Crippen LogP contribution in [0, 0.1) is 0 Å². The summed E-state index contributed by atoms with van der Waals surface area (Å²) >= 11 is 0. The Balaban J connectivity index is 1.17. The van der Waals surface area contributed by atoms with E-state index in [1.54, 1.807) is 30.3 Å². The predicted molar refractivity (Wildman–Crippen MR) is 249 cm³/mol. The van der Waals surface area contributed by atoms with Crippen LogP contribution in [0.5, 0.6) is 0 Å². The molecule has 23 rings (SSSR count). The van der Waals surface area contributed by atoms with Crippen LogP contribution in [0.2, 0.25) is 0 Å². The first-order chi connectivity index (χ1) is 37.9. The van der Waals surface area contributed by atoms with Gasteiger partial charge in [0.1, 0.15) is 140 Å². The van der Waals surface area contributed by atoms with Crippen molar-refractivity contribution >= 4 is 0 Å². The quantitative estimate of drug-likeness (QED) is 0.0608. The smallest absolute Gasteiger partial charge is 0.188 e. The molecule has 31 heteroatoms. The number of aliphatic hydroxyl groups excluding tert-OH is 16. The van der Waals surface area contributed by atoms with Crippen LogP contribution in [0.25, 0.3) is 0 Å². The Morgan fingerprint density at radius 3 is 1.08 bits per heavy atom. The van der Waals surface area contributed by atoms with Crippen molar-refractivity contribution in [2.24, 2.45) is 0 Å². The van der Waals surface area contributed by atoms with Gasteiger partial charge in [-0.25, -0.2) is 0 Å². The molecule has 22 aliphatic rings. The first-order valence-electron chi connectivity index (χ1n) is 25.8. The van der Waals surface area contributed by atoms with Crippen LogP contribution in [0.4, 0.5) is 0 Å². The molecule has 0 saturated carbocycles. The van der Waals surface area contributed by atoms with Crippen LogP contribution in [0.15, 0.2) is 43.2 Å². The Morgan fingerprint density at radius 2 is 0.722 bits per heavy atom. The molecule has 0 spiro atoms. The van der Waals surface area contributed by atoms with Crippen LogP contribution in [-0.4, -0.2) is 312 Å². The second kappa shape index (κ2) is 28.0. The number of rotatable bonds is 14. The van der Waals surface area contributed by atoms with Gasteiger partial charge in [0.05, 0.1) is 52.5 Å². The molecule has 22 fully saturated rings. The molecule has 22 aliphatic heterocycles. The zero-order chi connectivity index (χ0) is 57.0. The van der Waals surface area contributed by atoms with Gasteiger partial charge in [-0.05, 0) is 12.0 Å². The number of benzene rings is 1. The van der Waals surface area contributed by atoms with Gasteiger partial charge in [0.15, 0.2) is 50.1 Å². The van der Waals surface area contributed by atoms with E-state index in [2.05, 4.69) is 6.58 Å². The molecule has 452 valence electrons. The van der Waals surface area contributed by atoms with Gasteiger partial charge in [0.25, 0.3) is 0 Å². The molecular weight excluding hydrogens is 1070 g/mol. The number of aliphatic hydroxyl groups is 16. The first kappa shape index (κ1) is 62.6. The van der Waals surface area contributed by atoms with Gasteiger partial charge in [-0.15, -0.1) is 0 Å². The first-order valence-corrected chi connectivity index (χ1v) is 25.8. The van der Waals surface area contributed by atoms with E-state index < -0.39 is 230 Å².